The van der Waals surface area contributed by atoms with Crippen molar-refractivity contribution in [1.29, 1.82) is 0 Å². The van der Waals surface area contributed by atoms with Gasteiger partial charge in [0.25, 0.3) is 0 Å². The van der Waals surface area contributed by atoms with E-state index in [2.05, 4.69) is 32.2 Å². The van der Waals surface area contributed by atoms with E-state index in [9.17, 15) is 35.1 Å². The fraction of sp³-hybridized carbons (Fsp3) is 0.750. The molecule has 8 unspecified atom stereocenters. The maximum Gasteiger partial charge on any atom is 0.306 e. The molecule has 8 atom stereocenters. The summed E-state index contributed by atoms with van der Waals surface area (Å²) < 4.78 is 17.6. The summed E-state index contributed by atoms with van der Waals surface area (Å²) in [5.74, 6) is -1.24. The van der Waals surface area contributed by atoms with Crippen LogP contribution in [0.5, 0.6) is 0 Å². The van der Waals surface area contributed by atoms with Crippen LogP contribution in [0.3, 0.4) is 0 Å². The highest BCUT2D eigenvalue weighted by Gasteiger charge is 2.47. The fourth-order valence-corrected chi connectivity index (χ4v) is 9.15. The highest BCUT2D eigenvalue weighted by atomic mass is 16.7. The van der Waals surface area contributed by atoms with Gasteiger partial charge in [-0.25, -0.2) is 0 Å². The third-order valence-electron chi connectivity index (χ3n) is 14.0. The van der Waals surface area contributed by atoms with Crippen molar-refractivity contribution in [1.82, 2.24) is 5.32 Å². The lowest BCUT2D eigenvalue weighted by Crippen LogP contribution is -2.61. The van der Waals surface area contributed by atoms with E-state index < -0.39 is 67.4 Å². The first kappa shape index (κ1) is 69.9. The molecule has 0 aromatic rings. The zero-order chi connectivity index (χ0) is 54.7. The topological polar surface area (TPSA) is 175 Å². The molecule has 0 aromatic heterocycles. The lowest BCUT2D eigenvalue weighted by molar-refractivity contribution is -0.305. The number of nitrogens with one attached hydrogen (secondary N) is 1. The Bertz CT molecular complexity index is 1540. The number of ether oxygens (including phenoxy) is 3. The molecule has 11 nitrogen and oxygen atoms in total. The summed E-state index contributed by atoms with van der Waals surface area (Å²) in [7, 11) is 0. The molecule has 0 radical (unpaired) electrons. The van der Waals surface area contributed by atoms with Crippen LogP contribution in [0, 0.1) is 0 Å². The maximum atomic E-state index is 13.4. The summed E-state index contributed by atoms with van der Waals surface area (Å²) in [5.41, 5.74) is 0. The molecule has 432 valence electrons. The van der Waals surface area contributed by atoms with E-state index >= 15 is 0 Å². The van der Waals surface area contributed by atoms with Crippen LogP contribution in [-0.4, -0.2) is 99.6 Å². The van der Waals surface area contributed by atoms with Crippen LogP contribution in [0.4, 0.5) is 0 Å². The summed E-state index contributed by atoms with van der Waals surface area (Å²) in [6.45, 7) is 5.61. The van der Waals surface area contributed by atoms with Crippen LogP contribution in [0.25, 0.3) is 0 Å². The van der Waals surface area contributed by atoms with Gasteiger partial charge in [0.2, 0.25) is 5.91 Å². The Hall–Kier alpha value is -3.16. The Morgan fingerprint density at radius 1 is 0.533 bits per heavy atom. The number of esters is 1. The Labute approximate surface area is 457 Å². The molecule has 75 heavy (non-hydrogen) atoms. The number of unbranched alkanes of at least 4 members (excludes halogenated alkanes) is 29. The summed E-state index contributed by atoms with van der Waals surface area (Å²) in [5, 5.41) is 56.8. The highest BCUT2D eigenvalue weighted by molar-refractivity contribution is 5.80. The van der Waals surface area contributed by atoms with Gasteiger partial charge in [-0.1, -0.05) is 279 Å². The number of amides is 1. The van der Waals surface area contributed by atoms with E-state index in [-0.39, 0.29) is 19.4 Å². The molecule has 1 rings (SSSR count). The molecule has 0 bridgehead atoms. The van der Waals surface area contributed by atoms with Crippen molar-refractivity contribution in [3.8, 4) is 0 Å². The Balaban J connectivity index is 2.70. The van der Waals surface area contributed by atoms with Crippen LogP contribution in [0.15, 0.2) is 85.1 Å². The maximum absolute atomic E-state index is 13.4. The van der Waals surface area contributed by atoms with Gasteiger partial charge in [0, 0.05) is 6.42 Å². The molecule has 1 aliphatic rings. The van der Waals surface area contributed by atoms with Crippen LogP contribution in [0.1, 0.15) is 245 Å². The molecule has 0 aromatic carbocycles. The van der Waals surface area contributed by atoms with Crippen molar-refractivity contribution in [3.05, 3.63) is 85.1 Å². The molecular weight excluding hydrogens is 943 g/mol. The van der Waals surface area contributed by atoms with E-state index in [4.69, 9.17) is 14.2 Å². The van der Waals surface area contributed by atoms with Crippen molar-refractivity contribution in [2.45, 2.75) is 294 Å². The van der Waals surface area contributed by atoms with Gasteiger partial charge in [0.1, 0.15) is 24.4 Å². The predicted molar refractivity (Wildman–Crippen MR) is 310 cm³/mol. The average Bonchev–Trinajstić information content (AvgIpc) is 3.41. The molecule has 1 fully saturated rings. The molecule has 0 spiro atoms. The van der Waals surface area contributed by atoms with Gasteiger partial charge in [-0.2, -0.15) is 0 Å². The van der Waals surface area contributed by atoms with E-state index in [1.807, 2.05) is 72.9 Å². The van der Waals surface area contributed by atoms with Gasteiger partial charge in [-0.3, -0.25) is 9.59 Å². The van der Waals surface area contributed by atoms with E-state index in [1.54, 1.807) is 6.08 Å². The molecule has 1 amide bonds. The summed E-state index contributed by atoms with van der Waals surface area (Å²) in [4.78, 5) is 26.5. The molecule has 1 saturated heterocycles. The van der Waals surface area contributed by atoms with E-state index in [1.165, 1.54) is 135 Å². The third-order valence-corrected chi connectivity index (χ3v) is 14.0. The largest absolute Gasteiger partial charge is 0.454 e. The molecule has 0 saturated carbocycles. The van der Waals surface area contributed by atoms with Crippen LogP contribution in [0.2, 0.25) is 0 Å². The SMILES string of the molecule is CC\C=C/C=C/C=C/C=C\C=C\C=C\CCCCC(O)C(=O)NC(COC1OC(CO)C(O)C(O)C1OC(=O)CCCCCCCCCCCCCCCCCCCCC)C(O)/C=C/CCCCCCCCCCC. The second-order valence-electron chi connectivity index (χ2n) is 20.9. The van der Waals surface area contributed by atoms with Gasteiger partial charge in [0.15, 0.2) is 12.4 Å². The monoisotopic (exact) mass is 1050 g/mol. The molecule has 1 heterocycles. The number of rotatable bonds is 50. The highest BCUT2D eigenvalue weighted by Crippen LogP contribution is 2.26. The number of aliphatic hydroxyl groups excluding tert-OH is 5. The van der Waals surface area contributed by atoms with Gasteiger partial charge in [-0.15, -0.1) is 0 Å². The van der Waals surface area contributed by atoms with Gasteiger partial charge in [-0.05, 0) is 44.9 Å². The number of carbonyl (C=O) groups excluding carboxylic acids is 2. The molecule has 11 heteroatoms. The number of aliphatic hydroxyl groups is 5. The summed E-state index contributed by atoms with van der Waals surface area (Å²) >= 11 is 0. The van der Waals surface area contributed by atoms with Crippen molar-refractivity contribution >= 4 is 11.9 Å². The molecule has 1 aliphatic heterocycles. The predicted octanol–water partition coefficient (Wildman–Crippen LogP) is 14.2. The van der Waals surface area contributed by atoms with Gasteiger partial charge >= 0.3 is 5.97 Å². The Morgan fingerprint density at radius 2 is 0.960 bits per heavy atom. The summed E-state index contributed by atoms with van der Waals surface area (Å²) in [6, 6.07) is -1.05. The summed E-state index contributed by atoms with van der Waals surface area (Å²) in [6.07, 6.45) is 56.3. The lowest BCUT2D eigenvalue weighted by Gasteiger charge is -2.41. The lowest BCUT2D eigenvalue weighted by atomic mass is 9.99. The minimum absolute atomic E-state index is 0.118. The van der Waals surface area contributed by atoms with Crippen LogP contribution in [-0.2, 0) is 23.8 Å². The average molecular weight is 1050 g/mol. The Morgan fingerprint density at radius 3 is 1.44 bits per heavy atom. The number of hydrogen-bond donors (Lipinski definition) is 6. The number of hydrogen-bond acceptors (Lipinski definition) is 10. The second kappa shape index (κ2) is 51.6. The minimum Gasteiger partial charge on any atom is -0.454 e. The van der Waals surface area contributed by atoms with Crippen LogP contribution < -0.4 is 5.32 Å². The van der Waals surface area contributed by atoms with E-state index in [0.29, 0.717) is 12.8 Å². The zero-order valence-electron chi connectivity index (χ0n) is 47.6. The first-order valence-corrected chi connectivity index (χ1v) is 30.4. The third kappa shape index (κ3) is 39.8. The molecular formula is C64H111NO10. The fourth-order valence-electron chi connectivity index (χ4n) is 9.15. The van der Waals surface area contributed by atoms with Gasteiger partial charge < -0.3 is 45.1 Å². The van der Waals surface area contributed by atoms with Crippen molar-refractivity contribution in [2.24, 2.45) is 0 Å². The minimum atomic E-state index is -1.62. The zero-order valence-corrected chi connectivity index (χ0v) is 47.6. The van der Waals surface area contributed by atoms with Crippen LogP contribution >= 0.6 is 0 Å². The second-order valence-corrected chi connectivity index (χ2v) is 20.9. The normalized spacial score (nSPS) is 19.8. The van der Waals surface area contributed by atoms with E-state index in [0.717, 1.165) is 64.2 Å². The first-order chi connectivity index (χ1) is 36.7. The number of carbonyl (C=O) groups is 2. The molecule has 6 N–H and O–H groups in total. The smallest absolute Gasteiger partial charge is 0.306 e. The first-order valence-electron chi connectivity index (χ1n) is 30.4. The van der Waals surface area contributed by atoms with Crippen molar-refractivity contribution in [3.63, 3.8) is 0 Å². The van der Waals surface area contributed by atoms with Crippen molar-refractivity contribution in [2.75, 3.05) is 13.2 Å². The quantitative estimate of drug-likeness (QED) is 0.0149. The standard InChI is InChI=1S/C64H111NO10/c1-4-7-10-13-16-19-22-24-26-28-29-30-32-34-37-40-43-46-49-52-59(69)75-62-61(71)60(70)58(53-66)74-64(62)73-54-55(56(67)50-47-44-41-38-35-21-18-15-12-9-6-3)65-63(72)57(68)51-48-45-42-39-36-33-31-27-25-23-20-17-14-11-8-5-2/h8,11,14,17,20,23,25,27,31,33,36,39,47,50,55-58,60-62,64,66-68,70-71H,4-7,9-10,12-13,15-16,18-19,21-22,24,26,28-30,32,34-35,37-38,40-46,48-49,51-54H2,1-3H3,(H,65,72)/b11-8-,17-14+,23-20+,27-25-,33-31+,39-36+,50-47+. The van der Waals surface area contributed by atoms with Crippen molar-refractivity contribution < 1.29 is 49.3 Å². The number of allylic oxidation sites excluding steroid dienone is 13. The Kier molecular flexibility index (Phi) is 48.0. The van der Waals surface area contributed by atoms with Gasteiger partial charge in [0.05, 0.1) is 25.4 Å². The molecule has 0 aliphatic carbocycles.